The molecule has 1 fully saturated rings. The molecule has 1 N–H and O–H groups in total. The number of carboxylic acids is 1. The van der Waals surface area contributed by atoms with Crippen LogP contribution >= 0.6 is 0 Å². The minimum absolute atomic E-state index is 0.132. The molecule has 5 heteroatoms. The summed E-state index contributed by atoms with van der Waals surface area (Å²) >= 11 is 0. The predicted molar refractivity (Wildman–Crippen MR) is 74.0 cm³/mol. The van der Waals surface area contributed by atoms with E-state index in [2.05, 4.69) is 11.9 Å². The van der Waals surface area contributed by atoms with Crippen LogP contribution in [0.25, 0.3) is 0 Å². The number of aliphatic carboxylic acids is 1. The highest BCUT2D eigenvalue weighted by Gasteiger charge is 2.18. The highest BCUT2D eigenvalue weighted by Crippen LogP contribution is 2.21. The van der Waals surface area contributed by atoms with Gasteiger partial charge in [0.25, 0.3) is 0 Å². The lowest BCUT2D eigenvalue weighted by Gasteiger charge is -2.29. The van der Waals surface area contributed by atoms with E-state index in [1.807, 2.05) is 0 Å². The molecule has 1 aliphatic heterocycles. The first kappa shape index (κ1) is 16.0. The van der Waals surface area contributed by atoms with Crippen molar-refractivity contribution in [2.75, 3.05) is 33.7 Å². The van der Waals surface area contributed by atoms with Gasteiger partial charge in [0, 0.05) is 26.4 Å². The van der Waals surface area contributed by atoms with Gasteiger partial charge in [-0.05, 0) is 51.7 Å². The van der Waals surface area contributed by atoms with Gasteiger partial charge in [0.1, 0.15) is 0 Å². The number of piperidine rings is 1. The number of carbonyl (C=O) groups is 2. The molecular formula is C14H26N2O3. The number of hydrogen-bond acceptors (Lipinski definition) is 3. The third-order valence-corrected chi connectivity index (χ3v) is 3.91. The molecule has 0 aromatic heterocycles. The first-order chi connectivity index (χ1) is 8.99. The Morgan fingerprint density at radius 3 is 2.47 bits per heavy atom. The quantitative estimate of drug-likeness (QED) is 0.760. The van der Waals surface area contributed by atoms with Gasteiger partial charge in [0.05, 0.1) is 0 Å². The van der Waals surface area contributed by atoms with Crippen LogP contribution in [0.1, 0.15) is 38.5 Å². The van der Waals surface area contributed by atoms with Gasteiger partial charge in [-0.15, -0.1) is 0 Å². The molecular weight excluding hydrogens is 244 g/mol. The van der Waals surface area contributed by atoms with E-state index in [1.54, 1.807) is 11.9 Å². The number of carboxylic acid groups (broad SMARTS) is 1. The Kier molecular flexibility index (Phi) is 6.84. The van der Waals surface area contributed by atoms with Gasteiger partial charge in [0.15, 0.2) is 0 Å². The molecule has 0 saturated carbocycles. The van der Waals surface area contributed by atoms with Crippen LogP contribution in [0, 0.1) is 5.92 Å². The van der Waals surface area contributed by atoms with Crippen LogP contribution in [0.5, 0.6) is 0 Å². The lowest BCUT2D eigenvalue weighted by Crippen LogP contribution is -2.32. The molecule has 0 aromatic carbocycles. The zero-order valence-corrected chi connectivity index (χ0v) is 12.1. The average Bonchev–Trinajstić information content (AvgIpc) is 2.37. The van der Waals surface area contributed by atoms with Crippen LogP contribution in [-0.4, -0.2) is 60.5 Å². The van der Waals surface area contributed by atoms with Crippen LogP contribution in [0.15, 0.2) is 0 Å². The molecule has 1 amide bonds. The second-order valence-electron chi connectivity index (χ2n) is 5.60. The second kappa shape index (κ2) is 8.15. The summed E-state index contributed by atoms with van der Waals surface area (Å²) < 4.78 is 0. The predicted octanol–water partition coefficient (Wildman–Crippen LogP) is 1.43. The van der Waals surface area contributed by atoms with E-state index >= 15 is 0 Å². The van der Waals surface area contributed by atoms with Crippen molar-refractivity contribution in [3.63, 3.8) is 0 Å². The third kappa shape index (κ3) is 6.57. The molecule has 0 aliphatic carbocycles. The Hall–Kier alpha value is -1.10. The lowest BCUT2D eigenvalue weighted by atomic mass is 9.92. The van der Waals surface area contributed by atoms with Gasteiger partial charge >= 0.3 is 5.97 Å². The number of carbonyl (C=O) groups excluding carboxylic acids is 1. The molecule has 0 aromatic rings. The normalized spacial score (nSPS) is 17.4. The summed E-state index contributed by atoms with van der Waals surface area (Å²) in [5, 5.41) is 8.55. The van der Waals surface area contributed by atoms with Crippen molar-refractivity contribution in [2.24, 2.45) is 5.92 Å². The molecule has 0 spiro atoms. The number of nitrogens with zero attached hydrogens (tertiary/aromatic N) is 2. The van der Waals surface area contributed by atoms with Crippen LogP contribution in [0.4, 0.5) is 0 Å². The third-order valence-electron chi connectivity index (χ3n) is 3.91. The fourth-order valence-corrected chi connectivity index (χ4v) is 2.46. The largest absolute Gasteiger partial charge is 0.481 e. The topological polar surface area (TPSA) is 60.9 Å². The minimum Gasteiger partial charge on any atom is -0.481 e. The van der Waals surface area contributed by atoms with E-state index in [4.69, 9.17) is 5.11 Å². The van der Waals surface area contributed by atoms with Crippen LogP contribution in [0.2, 0.25) is 0 Å². The van der Waals surface area contributed by atoms with Crippen molar-refractivity contribution in [3.05, 3.63) is 0 Å². The SMILES string of the molecule is CN1CCC(CCC(=O)N(C)CCCC(=O)O)CC1. The van der Waals surface area contributed by atoms with Crippen molar-refractivity contribution >= 4 is 11.9 Å². The maximum atomic E-state index is 11.9. The fraction of sp³-hybridized carbons (Fsp3) is 0.857. The number of likely N-dealkylation sites (tertiary alicyclic amines) is 1. The van der Waals surface area contributed by atoms with E-state index < -0.39 is 5.97 Å². The molecule has 0 bridgehead atoms. The van der Waals surface area contributed by atoms with E-state index in [1.165, 1.54) is 12.8 Å². The summed E-state index contributed by atoms with van der Waals surface area (Å²) in [5.74, 6) is 0.0176. The van der Waals surface area contributed by atoms with Gasteiger partial charge in [-0.3, -0.25) is 9.59 Å². The van der Waals surface area contributed by atoms with Crippen molar-refractivity contribution in [3.8, 4) is 0 Å². The Morgan fingerprint density at radius 1 is 1.26 bits per heavy atom. The Bertz CT molecular complexity index is 299. The highest BCUT2D eigenvalue weighted by atomic mass is 16.4. The molecule has 110 valence electrons. The van der Waals surface area contributed by atoms with E-state index in [9.17, 15) is 9.59 Å². The van der Waals surface area contributed by atoms with Gasteiger partial charge in [-0.25, -0.2) is 0 Å². The first-order valence-corrected chi connectivity index (χ1v) is 7.13. The lowest BCUT2D eigenvalue weighted by molar-refractivity contribution is -0.138. The zero-order chi connectivity index (χ0) is 14.3. The molecule has 1 aliphatic rings. The van der Waals surface area contributed by atoms with Crippen LogP contribution in [0.3, 0.4) is 0 Å². The smallest absolute Gasteiger partial charge is 0.303 e. The monoisotopic (exact) mass is 270 g/mol. The minimum atomic E-state index is -0.799. The number of hydrogen-bond donors (Lipinski definition) is 1. The van der Waals surface area contributed by atoms with Crippen LogP contribution in [-0.2, 0) is 9.59 Å². The van der Waals surface area contributed by atoms with Gasteiger partial charge < -0.3 is 14.9 Å². The van der Waals surface area contributed by atoms with Crippen LogP contribution < -0.4 is 0 Å². The van der Waals surface area contributed by atoms with Crippen molar-refractivity contribution in [1.82, 2.24) is 9.80 Å². The maximum absolute atomic E-state index is 11.9. The van der Waals surface area contributed by atoms with Gasteiger partial charge in [-0.1, -0.05) is 0 Å². The summed E-state index contributed by atoms with van der Waals surface area (Å²) in [6.45, 7) is 2.80. The number of rotatable bonds is 7. The van der Waals surface area contributed by atoms with E-state index in [0.717, 1.165) is 19.5 Å². The molecule has 19 heavy (non-hydrogen) atoms. The molecule has 0 radical (unpaired) electrons. The molecule has 1 heterocycles. The van der Waals surface area contributed by atoms with Gasteiger partial charge in [0.2, 0.25) is 5.91 Å². The van der Waals surface area contributed by atoms with Crippen molar-refractivity contribution in [1.29, 1.82) is 0 Å². The van der Waals surface area contributed by atoms with E-state index in [-0.39, 0.29) is 12.3 Å². The summed E-state index contributed by atoms with van der Waals surface area (Å²) in [7, 11) is 3.90. The second-order valence-corrected chi connectivity index (χ2v) is 5.60. The van der Waals surface area contributed by atoms with Crippen molar-refractivity contribution < 1.29 is 14.7 Å². The zero-order valence-electron chi connectivity index (χ0n) is 12.1. The molecule has 1 rings (SSSR count). The molecule has 0 atom stereocenters. The van der Waals surface area contributed by atoms with Gasteiger partial charge in [-0.2, -0.15) is 0 Å². The first-order valence-electron chi connectivity index (χ1n) is 7.13. The summed E-state index contributed by atoms with van der Waals surface area (Å²) in [5.41, 5.74) is 0. The fourth-order valence-electron chi connectivity index (χ4n) is 2.46. The Labute approximate surface area is 115 Å². The Balaban J connectivity index is 2.14. The molecule has 5 nitrogen and oxygen atoms in total. The van der Waals surface area contributed by atoms with Crippen molar-refractivity contribution in [2.45, 2.75) is 38.5 Å². The number of amides is 1. The molecule has 1 saturated heterocycles. The summed E-state index contributed by atoms with van der Waals surface area (Å²) in [6.07, 6.45) is 4.60. The Morgan fingerprint density at radius 2 is 1.89 bits per heavy atom. The standard InChI is InChI=1S/C14H26N2O3/c1-15-10-7-12(8-11-15)5-6-13(17)16(2)9-3-4-14(18)19/h12H,3-11H2,1-2H3,(H,18,19). The average molecular weight is 270 g/mol. The van der Waals surface area contributed by atoms with E-state index in [0.29, 0.717) is 25.3 Å². The summed E-state index contributed by atoms with van der Waals surface area (Å²) in [4.78, 5) is 26.3. The summed E-state index contributed by atoms with van der Waals surface area (Å²) in [6, 6.07) is 0. The highest BCUT2D eigenvalue weighted by molar-refractivity contribution is 5.75. The molecule has 0 unspecified atom stereocenters. The maximum Gasteiger partial charge on any atom is 0.303 e.